The Hall–Kier alpha value is -1.10. The molecule has 1 amide bonds. The van der Waals surface area contributed by atoms with Crippen molar-refractivity contribution in [1.82, 2.24) is 5.32 Å². The Bertz CT molecular complexity index is 287. The van der Waals surface area contributed by atoms with Gasteiger partial charge in [0.2, 0.25) is 5.91 Å². The molecule has 18 heavy (non-hydrogen) atoms. The average Bonchev–Trinajstić information content (AvgIpc) is 2.28. The predicted octanol–water partition coefficient (Wildman–Crippen LogP) is 1.56. The summed E-state index contributed by atoms with van der Waals surface area (Å²) in [7, 11) is 0. The maximum Gasteiger partial charge on any atom is 0.310 e. The Morgan fingerprint density at radius 3 is 2.56 bits per heavy atom. The monoisotopic (exact) mass is 257 g/mol. The van der Waals surface area contributed by atoms with Gasteiger partial charge in [-0.2, -0.15) is 0 Å². The number of carboxylic acid groups (broad SMARTS) is 1. The van der Waals surface area contributed by atoms with Crippen molar-refractivity contribution in [2.45, 2.75) is 45.4 Å². The van der Waals surface area contributed by atoms with E-state index in [0.717, 1.165) is 19.3 Å². The van der Waals surface area contributed by atoms with Crippen molar-refractivity contribution >= 4 is 11.9 Å². The highest BCUT2D eigenvalue weighted by atomic mass is 16.5. The first-order chi connectivity index (χ1) is 8.60. The van der Waals surface area contributed by atoms with Gasteiger partial charge in [0.25, 0.3) is 0 Å². The van der Waals surface area contributed by atoms with Gasteiger partial charge in [-0.15, -0.1) is 0 Å². The minimum absolute atomic E-state index is 0.0945. The Morgan fingerprint density at radius 1 is 1.33 bits per heavy atom. The zero-order chi connectivity index (χ0) is 13.4. The van der Waals surface area contributed by atoms with E-state index >= 15 is 0 Å². The third kappa shape index (κ3) is 4.29. The lowest BCUT2D eigenvalue weighted by molar-refractivity contribution is -0.157. The van der Waals surface area contributed by atoms with Crippen molar-refractivity contribution in [2.24, 2.45) is 5.41 Å². The second-order valence-electron chi connectivity index (χ2n) is 4.93. The molecule has 0 heterocycles. The summed E-state index contributed by atoms with van der Waals surface area (Å²) in [6, 6.07) is 0. The van der Waals surface area contributed by atoms with E-state index in [2.05, 4.69) is 12.2 Å². The number of unbranched alkanes of at least 4 members (excludes halogenated alkanes) is 1. The molecule has 2 N–H and O–H groups in total. The van der Waals surface area contributed by atoms with E-state index in [1.807, 2.05) is 0 Å². The van der Waals surface area contributed by atoms with Crippen LogP contribution in [0.5, 0.6) is 0 Å². The molecule has 1 saturated carbocycles. The molecule has 5 heteroatoms. The van der Waals surface area contributed by atoms with Crippen LogP contribution < -0.4 is 5.32 Å². The molecular weight excluding hydrogens is 234 g/mol. The van der Waals surface area contributed by atoms with Crippen molar-refractivity contribution in [1.29, 1.82) is 0 Å². The second kappa shape index (κ2) is 7.36. The first-order valence-electron chi connectivity index (χ1n) is 6.68. The van der Waals surface area contributed by atoms with E-state index < -0.39 is 11.4 Å². The van der Waals surface area contributed by atoms with Gasteiger partial charge in [-0.25, -0.2) is 0 Å². The maximum atomic E-state index is 11.6. The van der Waals surface area contributed by atoms with Gasteiger partial charge in [-0.3, -0.25) is 9.59 Å². The highest BCUT2D eigenvalue weighted by Gasteiger charge is 2.45. The van der Waals surface area contributed by atoms with Gasteiger partial charge in [-0.1, -0.05) is 19.8 Å². The fourth-order valence-electron chi connectivity index (χ4n) is 2.05. The summed E-state index contributed by atoms with van der Waals surface area (Å²) >= 11 is 0. The molecule has 1 fully saturated rings. The van der Waals surface area contributed by atoms with Gasteiger partial charge in [0.15, 0.2) is 0 Å². The number of carbonyl (C=O) groups excluding carboxylic acids is 1. The molecule has 0 atom stereocenters. The van der Waals surface area contributed by atoms with Gasteiger partial charge in [-0.05, 0) is 19.3 Å². The zero-order valence-corrected chi connectivity index (χ0v) is 11.0. The summed E-state index contributed by atoms with van der Waals surface area (Å²) in [5.41, 5.74) is -0.798. The number of aliphatic carboxylic acids is 1. The molecule has 104 valence electrons. The number of rotatable bonds is 9. The Balaban J connectivity index is 2.12. The lowest BCUT2D eigenvalue weighted by Gasteiger charge is -2.36. The summed E-state index contributed by atoms with van der Waals surface area (Å²) in [4.78, 5) is 22.7. The Labute approximate surface area is 108 Å². The highest BCUT2D eigenvalue weighted by molar-refractivity contribution is 5.85. The van der Waals surface area contributed by atoms with Gasteiger partial charge in [0, 0.05) is 19.6 Å². The predicted molar refractivity (Wildman–Crippen MR) is 67.3 cm³/mol. The summed E-state index contributed by atoms with van der Waals surface area (Å²) < 4.78 is 5.31. The molecule has 0 aliphatic heterocycles. The molecule has 1 rings (SSSR count). The Kier molecular flexibility index (Phi) is 6.12. The first kappa shape index (κ1) is 15.0. The topological polar surface area (TPSA) is 75.6 Å². The molecule has 0 aromatic rings. The molecule has 0 bridgehead atoms. The summed E-state index contributed by atoms with van der Waals surface area (Å²) in [5.74, 6) is -1.03. The first-order valence-corrected chi connectivity index (χ1v) is 6.68. The van der Waals surface area contributed by atoms with Crippen molar-refractivity contribution in [3.8, 4) is 0 Å². The van der Waals surface area contributed by atoms with Gasteiger partial charge < -0.3 is 15.2 Å². The SMILES string of the molecule is CCCCOCCNC(=O)CC1(C(=O)O)CCC1. The smallest absolute Gasteiger partial charge is 0.310 e. The molecule has 1 aliphatic rings. The minimum atomic E-state index is -0.844. The molecule has 5 nitrogen and oxygen atoms in total. The van der Waals surface area contributed by atoms with E-state index in [9.17, 15) is 9.59 Å². The van der Waals surface area contributed by atoms with E-state index in [0.29, 0.717) is 32.6 Å². The third-order valence-corrected chi connectivity index (χ3v) is 3.47. The Morgan fingerprint density at radius 2 is 2.06 bits per heavy atom. The number of nitrogens with one attached hydrogen (secondary N) is 1. The lowest BCUT2D eigenvalue weighted by Crippen LogP contribution is -2.43. The van der Waals surface area contributed by atoms with Crippen molar-refractivity contribution in [2.75, 3.05) is 19.8 Å². The van der Waals surface area contributed by atoms with Gasteiger partial charge in [0.1, 0.15) is 0 Å². The molecule has 0 aromatic carbocycles. The molecule has 0 aromatic heterocycles. The number of hydrogen-bond donors (Lipinski definition) is 2. The van der Waals surface area contributed by atoms with Crippen LogP contribution in [0, 0.1) is 5.41 Å². The van der Waals surface area contributed by atoms with Crippen LogP contribution >= 0.6 is 0 Å². The molecule has 0 spiro atoms. The lowest BCUT2D eigenvalue weighted by atomic mass is 9.66. The van der Waals surface area contributed by atoms with Crippen LogP contribution in [0.4, 0.5) is 0 Å². The normalized spacial score (nSPS) is 16.9. The highest BCUT2D eigenvalue weighted by Crippen LogP contribution is 2.44. The van der Waals surface area contributed by atoms with E-state index in [4.69, 9.17) is 9.84 Å². The van der Waals surface area contributed by atoms with Crippen LogP contribution in [0.1, 0.15) is 45.4 Å². The molecule has 0 radical (unpaired) electrons. The quantitative estimate of drug-likeness (QED) is 0.615. The molecular formula is C13H23NO4. The van der Waals surface area contributed by atoms with Crippen molar-refractivity contribution < 1.29 is 19.4 Å². The number of carboxylic acids is 1. The fourth-order valence-corrected chi connectivity index (χ4v) is 2.05. The standard InChI is InChI=1S/C13H23NO4/c1-2-3-8-18-9-7-14-11(15)10-13(12(16)17)5-4-6-13/h2-10H2,1H3,(H,14,15)(H,16,17). The van der Waals surface area contributed by atoms with Crippen LogP contribution in [0.2, 0.25) is 0 Å². The number of amides is 1. The fraction of sp³-hybridized carbons (Fsp3) is 0.846. The van der Waals surface area contributed by atoms with Crippen molar-refractivity contribution in [3.63, 3.8) is 0 Å². The van der Waals surface area contributed by atoms with Crippen LogP contribution in [0.15, 0.2) is 0 Å². The second-order valence-corrected chi connectivity index (χ2v) is 4.93. The number of ether oxygens (including phenoxy) is 1. The summed E-state index contributed by atoms with van der Waals surface area (Å²) in [6.45, 7) is 3.75. The van der Waals surface area contributed by atoms with E-state index in [-0.39, 0.29) is 12.3 Å². The van der Waals surface area contributed by atoms with Crippen LogP contribution in [0.3, 0.4) is 0 Å². The molecule has 0 unspecified atom stereocenters. The summed E-state index contributed by atoms with van der Waals surface area (Å²) in [5, 5.41) is 11.8. The number of hydrogen-bond acceptors (Lipinski definition) is 3. The third-order valence-electron chi connectivity index (χ3n) is 3.47. The van der Waals surface area contributed by atoms with Crippen molar-refractivity contribution in [3.05, 3.63) is 0 Å². The average molecular weight is 257 g/mol. The largest absolute Gasteiger partial charge is 0.481 e. The summed E-state index contributed by atoms with van der Waals surface area (Å²) in [6.07, 6.45) is 4.34. The van der Waals surface area contributed by atoms with Crippen LogP contribution in [0.25, 0.3) is 0 Å². The van der Waals surface area contributed by atoms with Crippen LogP contribution in [-0.4, -0.2) is 36.7 Å². The molecule has 1 aliphatic carbocycles. The van der Waals surface area contributed by atoms with Gasteiger partial charge in [0.05, 0.1) is 12.0 Å². The maximum absolute atomic E-state index is 11.6. The molecule has 0 saturated heterocycles. The zero-order valence-electron chi connectivity index (χ0n) is 11.0. The van der Waals surface area contributed by atoms with E-state index in [1.54, 1.807) is 0 Å². The van der Waals surface area contributed by atoms with Crippen LogP contribution in [-0.2, 0) is 14.3 Å². The number of carbonyl (C=O) groups is 2. The van der Waals surface area contributed by atoms with Gasteiger partial charge >= 0.3 is 5.97 Å². The van der Waals surface area contributed by atoms with E-state index in [1.165, 1.54) is 0 Å². The minimum Gasteiger partial charge on any atom is -0.481 e.